The van der Waals surface area contributed by atoms with Crippen LogP contribution in [0.2, 0.25) is 0 Å². The van der Waals surface area contributed by atoms with Crippen molar-refractivity contribution >= 4 is 11.5 Å². The average molecular weight is 246 g/mol. The van der Waals surface area contributed by atoms with Crippen LogP contribution in [-0.4, -0.2) is 31.5 Å². The minimum atomic E-state index is 0.130. The van der Waals surface area contributed by atoms with Gasteiger partial charge in [-0.2, -0.15) is 0 Å². The van der Waals surface area contributed by atoms with E-state index in [-0.39, 0.29) is 5.78 Å². The Labute approximate surface area is 109 Å². The highest BCUT2D eigenvalue weighted by Gasteiger charge is 2.19. The van der Waals surface area contributed by atoms with Crippen LogP contribution in [0, 0.1) is 0 Å². The van der Waals surface area contributed by atoms with Gasteiger partial charge in [-0.05, 0) is 50.6 Å². The highest BCUT2D eigenvalue weighted by Crippen LogP contribution is 2.20. The second-order valence-electron chi connectivity index (χ2n) is 4.95. The van der Waals surface area contributed by atoms with Crippen LogP contribution in [0.1, 0.15) is 37.0 Å². The van der Waals surface area contributed by atoms with E-state index in [1.54, 1.807) is 6.92 Å². The molecule has 3 nitrogen and oxygen atoms in total. The molecular formula is C15H22N2O. The summed E-state index contributed by atoms with van der Waals surface area (Å²) >= 11 is 0. The number of piperidine rings is 1. The van der Waals surface area contributed by atoms with E-state index >= 15 is 0 Å². The third-order valence-electron chi connectivity index (χ3n) is 3.55. The zero-order valence-electron chi connectivity index (χ0n) is 11.3. The minimum absolute atomic E-state index is 0.130. The van der Waals surface area contributed by atoms with Gasteiger partial charge < -0.3 is 10.2 Å². The fourth-order valence-electron chi connectivity index (χ4n) is 2.57. The minimum Gasteiger partial charge on any atom is -0.370 e. The van der Waals surface area contributed by atoms with Crippen molar-refractivity contribution < 1.29 is 4.79 Å². The maximum Gasteiger partial charge on any atom is 0.159 e. The molecule has 0 bridgehead atoms. The van der Waals surface area contributed by atoms with Crippen molar-refractivity contribution in [1.82, 2.24) is 5.32 Å². The van der Waals surface area contributed by atoms with Crippen LogP contribution in [-0.2, 0) is 0 Å². The van der Waals surface area contributed by atoms with Gasteiger partial charge in [-0.25, -0.2) is 0 Å². The Morgan fingerprint density at radius 1 is 1.39 bits per heavy atom. The Morgan fingerprint density at radius 3 is 2.72 bits per heavy atom. The molecule has 3 heteroatoms. The summed E-state index contributed by atoms with van der Waals surface area (Å²) in [6.07, 6.45) is 2.49. The van der Waals surface area contributed by atoms with E-state index in [4.69, 9.17) is 0 Å². The molecular weight excluding hydrogens is 224 g/mol. The predicted octanol–water partition coefficient (Wildman–Crippen LogP) is 2.47. The van der Waals surface area contributed by atoms with Crippen LogP contribution >= 0.6 is 0 Å². The second-order valence-corrected chi connectivity index (χ2v) is 4.95. The number of nitrogens with one attached hydrogen (secondary N) is 1. The molecule has 0 amide bonds. The van der Waals surface area contributed by atoms with E-state index < -0.39 is 0 Å². The molecule has 1 heterocycles. The fraction of sp³-hybridized carbons (Fsp3) is 0.533. The van der Waals surface area contributed by atoms with Gasteiger partial charge in [0, 0.05) is 30.4 Å². The standard InChI is InChI=1S/C15H22N2O/c1-3-16-14-5-4-10-17(11-14)15-8-6-13(7-9-15)12(2)18/h6-9,14,16H,3-5,10-11H2,1-2H3. The fourth-order valence-corrected chi connectivity index (χ4v) is 2.57. The molecule has 1 fully saturated rings. The zero-order chi connectivity index (χ0) is 13.0. The number of hydrogen-bond acceptors (Lipinski definition) is 3. The number of benzene rings is 1. The first kappa shape index (κ1) is 13.1. The number of anilines is 1. The lowest BCUT2D eigenvalue weighted by molar-refractivity contribution is 0.101. The summed E-state index contributed by atoms with van der Waals surface area (Å²) in [4.78, 5) is 13.7. The van der Waals surface area contributed by atoms with Crippen molar-refractivity contribution in [3.63, 3.8) is 0 Å². The number of carbonyl (C=O) groups excluding carboxylic acids is 1. The maximum atomic E-state index is 11.2. The molecule has 98 valence electrons. The molecule has 1 atom stereocenters. The first-order chi connectivity index (χ1) is 8.70. The van der Waals surface area contributed by atoms with Crippen molar-refractivity contribution in [2.75, 3.05) is 24.5 Å². The van der Waals surface area contributed by atoms with Gasteiger partial charge >= 0.3 is 0 Å². The van der Waals surface area contributed by atoms with E-state index in [0.717, 1.165) is 25.2 Å². The van der Waals surface area contributed by atoms with Gasteiger partial charge in [0.15, 0.2) is 5.78 Å². The average Bonchev–Trinajstić information content (AvgIpc) is 2.39. The van der Waals surface area contributed by atoms with Gasteiger partial charge in [0.05, 0.1) is 0 Å². The van der Waals surface area contributed by atoms with E-state index in [1.165, 1.54) is 18.5 Å². The van der Waals surface area contributed by atoms with E-state index in [1.807, 2.05) is 12.1 Å². The zero-order valence-corrected chi connectivity index (χ0v) is 11.3. The summed E-state index contributed by atoms with van der Waals surface area (Å²) < 4.78 is 0. The number of ketones is 1. The quantitative estimate of drug-likeness (QED) is 0.828. The largest absolute Gasteiger partial charge is 0.370 e. The molecule has 1 aliphatic rings. The highest BCUT2D eigenvalue weighted by atomic mass is 16.1. The van der Waals surface area contributed by atoms with Crippen molar-refractivity contribution in [3.8, 4) is 0 Å². The Bertz CT molecular complexity index is 397. The topological polar surface area (TPSA) is 32.3 Å². The van der Waals surface area contributed by atoms with Crippen LogP contribution in [0.3, 0.4) is 0 Å². The molecule has 0 radical (unpaired) electrons. The first-order valence-electron chi connectivity index (χ1n) is 6.80. The van der Waals surface area contributed by atoms with E-state index in [9.17, 15) is 4.79 Å². The molecule has 1 aliphatic heterocycles. The maximum absolute atomic E-state index is 11.2. The van der Waals surface area contributed by atoms with Gasteiger partial charge in [0.25, 0.3) is 0 Å². The van der Waals surface area contributed by atoms with Crippen LogP contribution < -0.4 is 10.2 Å². The van der Waals surface area contributed by atoms with Crippen LogP contribution in [0.4, 0.5) is 5.69 Å². The molecule has 2 rings (SSSR count). The highest BCUT2D eigenvalue weighted by molar-refractivity contribution is 5.94. The van der Waals surface area contributed by atoms with Gasteiger partial charge in [-0.15, -0.1) is 0 Å². The molecule has 1 saturated heterocycles. The first-order valence-corrected chi connectivity index (χ1v) is 6.80. The third kappa shape index (κ3) is 3.10. The number of rotatable bonds is 4. The molecule has 18 heavy (non-hydrogen) atoms. The van der Waals surface area contributed by atoms with Crippen LogP contribution in [0.15, 0.2) is 24.3 Å². The monoisotopic (exact) mass is 246 g/mol. The second kappa shape index (κ2) is 6.01. The smallest absolute Gasteiger partial charge is 0.159 e. The third-order valence-corrected chi connectivity index (χ3v) is 3.55. The summed E-state index contributed by atoms with van der Waals surface area (Å²) in [6.45, 7) is 6.97. The SMILES string of the molecule is CCNC1CCCN(c2ccc(C(C)=O)cc2)C1. The van der Waals surface area contributed by atoms with Crippen molar-refractivity contribution in [2.24, 2.45) is 0 Å². The van der Waals surface area contributed by atoms with Crippen LogP contribution in [0.5, 0.6) is 0 Å². The van der Waals surface area contributed by atoms with E-state index in [0.29, 0.717) is 6.04 Å². The van der Waals surface area contributed by atoms with Crippen molar-refractivity contribution in [1.29, 1.82) is 0 Å². The Morgan fingerprint density at radius 2 is 2.11 bits per heavy atom. The number of nitrogens with zero attached hydrogens (tertiary/aromatic N) is 1. The molecule has 0 aromatic heterocycles. The summed E-state index contributed by atoms with van der Waals surface area (Å²) in [5.74, 6) is 0.130. The number of hydrogen-bond donors (Lipinski definition) is 1. The lowest BCUT2D eigenvalue weighted by Crippen LogP contribution is -2.45. The van der Waals surface area contributed by atoms with Gasteiger partial charge in [-0.3, -0.25) is 4.79 Å². The summed E-state index contributed by atoms with van der Waals surface area (Å²) in [5, 5.41) is 3.52. The number of Topliss-reactive ketones (excluding diaryl/α,β-unsaturated/α-hetero) is 1. The normalized spacial score (nSPS) is 19.9. The lowest BCUT2D eigenvalue weighted by Gasteiger charge is -2.34. The molecule has 1 aromatic rings. The van der Waals surface area contributed by atoms with Gasteiger partial charge in [-0.1, -0.05) is 6.92 Å². The number of carbonyl (C=O) groups is 1. The van der Waals surface area contributed by atoms with Gasteiger partial charge in [0.1, 0.15) is 0 Å². The van der Waals surface area contributed by atoms with Crippen molar-refractivity contribution in [2.45, 2.75) is 32.7 Å². The Balaban J connectivity index is 2.04. The molecule has 1 aromatic carbocycles. The van der Waals surface area contributed by atoms with Crippen LogP contribution in [0.25, 0.3) is 0 Å². The summed E-state index contributed by atoms with van der Waals surface area (Å²) in [7, 11) is 0. The number of likely N-dealkylation sites (N-methyl/N-ethyl adjacent to an activating group) is 1. The lowest BCUT2D eigenvalue weighted by atomic mass is 10.0. The van der Waals surface area contributed by atoms with Gasteiger partial charge in [0.2, 0.25) is 0 Å². The molecule has 0 aliphatic carbocycles. The predicted molar refractivity (Wildman–Crippen MR) is 75.4 cm³/mol. The summed E-state index contributed by atoms with van der Waals surface area (Å²) in [5.41, 5.74) is 2.02. The van der Waals surface area contributed by atoms with Crippen molar-refractivity contribution in [3.05, 3.63) is 29.8 Å². The Hall–Kier alpha value is -1.35. The molecule has 1 N–H and O–H groups in total. The Kier molecular flexibility index (Phi) is 4.37. The molecule has 1 unspecified atom stereocenters. The molecule has 0 spiro atoms. The summed E-state index contributed by atoms with van der Waals surface area (Å²) in [6, 6.07) is 8.57. The molecule has 0 saturated carbocycles. The van der Waals surface area contributed by atoms with E-state index in [2.05, 4.69) is 29.3 Å².